The highest BCUT2D eigenvalue weighted by Crippen LogP contribution is 2.31. The molecule has 3 aromatic carbocycles. The summed E-state index contributed by atoms with van der Waals surface area (Å²) in [4.78, 5) is 24.5. The molecule has 3 rings (SSSR count). The summed E-state index contributed by atoms with van der Waals surface area (Å²) in [6.07, 6.45) is 0.0542. The zero-order chi connectivity index (χ0) is 22.9. The zero-order valence-corrected chi connectivity index (χ0v) is 18.7. The van der Waals surface area contributed by atoms with Crippen molar-refractivity contribution < 1.29 is 19.1 Å². The topological polar surface area (TPSA) is 76.7 Å². The molecule has 2 N–H and O–H groups in total. The number of carbonyl (C=O) groups excluding carboxylic acids is 2. The molecule has 166 valence electrons. The molecule has 1 atom stereocenters. The van der Waals surface area contributed by atoms with E-state index in [1.807, 2.05) is 31.2 Å². The summed E-state index contributed by atoms with van der Waals surface area (Å²) in [6, 6.07) is 21.0. The van der Waals surface area contributed by atoms with Crippen molar-refractivity contribution in [2.75, 3.05) is 11.9 Å². The average Bonchev–Trinajstić information content (AvgIpc) is 2.76. The van der Waals surface area contributed by atoms with Gasteiger partial charge >= 0.3 is 0 Å². The van der Waals surface area contributed by atoms with Crippen molar-refractivity contribution in [2.45, 2.75) is 26.3 Å². The number of ether oxygens (including phenoxy) is 2. The van der Waals surface area contributed by atoms with Crippen LogP contribution in [0.25, 0.3) is 0 Å². The third-order valence-electron chi connectivity index (χ3n) is 4.56. The van der Waals surface area contributed by atoms with Gasteiger partial charge in [-0.25, -0.2) is 0 Å². The number of hydrogen-bond acceptors (Lipinski definition) is 4. The molecule has 6 nitrogen and oxygen atoms in total. The summed E-state index contributed by atoms with van der Waals surface area (Å²) in [5.41, 5.74) is 1.32. The van der Waals surface area contributed by atoms with Crippen molar-refractivity contribution in [3.05, 3.63) is 83.4 Å². The minimum Gasteiger partial charge on any atom is -0.494 e. The van der Waals surface area contributed by atoms with Crippen LogP contribution in [0.15, 0.2) is 72.8 Å². The molecule has 0 bridgehead atoms. The lowest BCUT2D eigenvalue weighted by molar-refractivity contribution is -0.120. The molecular weight excluding hydrogens is 428 g/mol. The highest BCUT2D eigenvalue weighted by atomic mass is 35.5. The van der Waals surface area contributed by atoms with Crippen LogP contribution in [0, 0.1) is 0 Å². The van der Waals surface area contributed by atoms with Gasteiger partial charge in [-0.05, 0) is 61.0 Å². The van der Waals surface area contributed by atoms with Crippen LogP contribution in [0.4, 0.5) is 5.69 Å². The van der Waals surface area contributed by atoms with Crippen LogP contribution in [0.5, 0.6) is 17.2 Å². The van der Waals surface area contributed by atoms with Gasteiger partial charge in [0, 0.05) is 11.9 Å². The monoisotopic (exact) mass is 452 g/mol. The first kappa shape index (κ1) is 23.2. The van der Waals surface area contributed by atoms with Gasteiger partial charge in [-0.1, -0.05) is 35.9 Å². The summed E-state index contributed by atoms with van der Waals surface area (Å²) in [6.45, 7) is 3.93. The molecule has 0 heterocycles. The third kappa shape index (κ3) is 6.75. The Morgan fingerprint density at radius 1 is 0.938 bits per heavy atom. The van der Waals surface area contributed by atoms with Crippen molar-refractivity contribution >= 4 is 29.1 Å². The van der Waals surface area contributed by atoms with Crippen LogP contribution in [0.3, 0.4) is 0 Å². The number of halogens is 1. The summed E-state index contributed by atoms with van der Waals surface area (Å²) in [5.74, 6) is 1.39. The van der Waals surface area contributed by atoms with E-state index < -0.39 is 6.04 Å². The minimum absolute atomic E-state index is 0.0542. The van der Waals surface area contributed by atoms with Gasteiger partial charge in [0.2, 0.25) is 11.8 Å². The molecule has 7 heteroatoms. The summed E-state index contributed by atoms with van der Waals surface area (Å²) < 4.78 is 11.4. The van der Waals surface area contributed by atoms with E-state index in [-0.39, 0.29) is 18.2 Å². The largest absolute Gasteiger partial charge is 0.494 e. The van der Waals surface area contributed by atoms with Gasteiger partial charge in [-0.15, -0.1) is 0 Å². The van der Waals surface area contributed by atoms with Crippen molar-refractivity contribution in [1.82, 2.24) is 5.32 Å². The van der Waals surface area contributed by atoms with Gasteiger partial charge < -0.3 is 20.1 Å². The molecule has 0 spiro atoms. The Morgan fingerprint density at radius 2 is 1.59 bits per heavy atom. The van der Waals surface area contributed by atoms with E-state index in [1.54, 1.807) is 48.5 Å². The predicted molar refractivity (Wildman–Crippen MR) is 125 cm³/mol. The number of rotatable bonds is 9. The molecular formula is C25H25ClN2O4. The molecule has 0 saturated heterocycles. The first-order valence-electron chi connectivity index (χ1n) is 10.3. The highest BCUT2D eigenvalue weighted by molar-refractivity contribution is 6.30. The molecule has 3 aromatic rings. The maximum atomic E-state index is 12.8. The maximum absolute atomic E-state index is 12.8. The fourth-order valence-corrected chi connectivity index (χ4v) is 3.26. The molecule has 0 aliphatic carbocycles. The van der Waals surface area contributed by atoms with Crippen LogP contribution >= 0.6 is 11.6 Å². The second-order valence-corrected chi connectivity index (χ2v) is 7.50. The predicted octanol–water partition coefficient (Wildman–Crippen LogP) is 5.74. The minimum atomic E-state index is -0.482. The first-order chi connectivity index (χ1) is 15.4. The highest BCUT2D eigenvalue weighted by Gasteiger charge is 2.18. The van der Waals surface area contributed by atoms with Crippen molar-refractivity contribution in [3.8, 4) is 17.2 Å². The fraction of sp³-hybridized carbons (Fsp3) is 0.200. The van der Waals surface area contributed by atoms with Crippen molar-refractivity contribution in [3.63, 3.8) is 0 Å². The van der Waals surface area contributed by atoms with Gasteiger partial charge in [0.05, 0.1) is 24.8 Å². The van der Waals surface area contributed by atoms with E-state index in [0.29, 0.717) is 28.8 Å². The Labute approximate surface area is 192 Å². The van der Waals surface area contributed by atoms with Crippen molar-refractivity contribution in [2.24, 2.45) is 0 Å². The molecule has 0 aromatic heterocycles. The molecule has 0 radical (unpaired) electrons. The van der Waals surface area contributed by atoms with E-state index in [4.69, 9.17) is 21.1 Å². The van der Waals surface area contributed by atoms with E-state index in [9.17, 15) is 9.59 Å². The van der Waals surface area contributed by atoms with Gasteiger partial charge in [0.25, 0.3) is 0 Å². The van der Waals surface area contributed by atoms with E-state index in [0.717, 1.165) is 11.3 Å². The smallest absolute Gasteiger partial charge is 0.226 e. The van der Waals surface area contributed by atoms with E-state index >= 15 is 0 Å². The summed E-state index contributed by atoms with van der Waals surface area (Å²) in [7, 11) is 0. The van der Waals surface area contributed by atoms with Gasteiger partial charge in [0.1, 0.15) is 11.5 Å². The first-order valence-corrected chi connectivity index (χ1v) is 10.6. The quantitative estimate of drug-likeness (QED) is 0.434. The Balaban J connectivity index is 1.71. The summed E-state index contributed by atoms with van der Waals surface area (Å²) >= 11 is 5.96. The summed E-state index contributed by atoms with van der Waals surface area (Å²) in [5, 5.41) is 6.28. The maximum Gasteiger partial charge on any atom is 0.226 e. The number of benzene rings is 3. The number of carbonyl (C=O) groups is 2. The second-order valence-electron chi connectivity index (χ2n) is 7.06. The normalized spacial score (nSPS) is 11.3. The SMILES string of the molecule is CCOc1ccc(Oc2ccccc2NC(=O)CC(NC(C)=O)c2ccc(Cl)cc2)cc1. The number of anilines is 1. The molecule has 0 aliphatic heterocycles. The molecule has 1 unspecified atom stereocenters. The molecule has 2 amide bonds. The van der Waals surface area contributed by atoms with E-state index in [1.165, 1.54) is 6.92 Å². The lowest BCUT2D eigenvalue weighted by Gasteiger charge is -2.19. The van der Waals surface area contributed by atoms with Crippen LogP contribution in [-0.4, -0.2) is 18.4 Å². The van der Waals surface area contributed by atoms with E-state index in [2.05, 4.69) is 10.6 Å². The van der Waals surface area contributed by atoms with Crippen LogP contribution in [-0.2, 0) is 9.59 Å². The molecule has 0 saturated carbocycles. The average molecular weight is 453 g/mol. The van der Waals surface area contributed by atoms with Gasteiger partial charge in [-0.3, -0.25) is 9.59 Å². The van der Waals surface area contributed by atoms with Crippen LogP contribution < -0.4 is 20.1 Å². The Kier molecular flexibility index (Phi) is 8.11. The van der Waals surface area contributed by atoms with Gasteiger partial charge in [0.15, 0.2) is 5.75 Å². The fourth-order valence-electron chi connectivity index (χ4n) is 3.14. The number of hydrogen-bond donors (Lipinski definition) is 2. The Morgan fingerprint density at radius 3 is 2.25 bits per heavy atom. The Hall–Kier alpha value is -3.51. The number of para-hydroxylation sites is 2. The van der Waals surface area contributed by atoms with Crippen LogP contribution in [0.2, 0.25) is 5.02 Å². The Bertz CT molecular complexity index is 1050. The van der Waals surface area contributed by atoms with Crippen LogP contribution in [0.1, 0.15) is 31.9 Å². The number of nitrogens with one attached hydrogen (secondary N) is 2. The second kappa shape index (κ2) is 11.2. The third-order valence-corrected chi connectivity index (χ3v) is 4.82. The van der Waals surface area contributed by atoms with Gasteiger partial charge in [-0.2, -0.15) is 0 Å². The number of amides is 2. The molecule has 0 aliphatic rings. The lowest BCUT2D eigenvalue weighted by atomic mass is 10.0. The molecule has 32 heavy (non-hydrogen) atoms. The standard InChI is InChI=1S/C25H25ClN2O4/c1-3-31-20-12-14-21(15-13-20)32-24-7-5-4-6-22(24)28-25(30)16-23(27-17(2)29)18-8-10-19(26)11-9-18/h4-15,23H,3,16H2,1-2H3,(H,27,29)(H,28,30). The van der Waals surface area contributed by atoms with Crippen molar-refractivity contribution in [1.29, 1.82) is 0 Å². The lowest BCUT2D eigenvalue weighted by Crippen LogP contribution is -2.29. The zero-order valence-electron chi connectivity index (χ0n) is 17.9. The molecule has 0 fully saturated rings.